The number of aromatic hydroxyl groups is 1. The minimum absolute atomic E-state index is 0.177. The second-order valence-electron chi connectivity index (χ2n) is 3.57. The Labute approximate surface area is 97.6 Å². The lowest BCUT2D eigenvalue weighted by Gasteiger charge is -2.13. The van der Waals surface area contributed by atoms with Crippen molar-refractivity contribution in [1.29, 1.82) is 0 Å². The van der Waals surface area contributed by atoms with E-state index >= 15 is 0 Å². The van der Waals surface area contributed by atoms with E-state index < -0.39 is 29.0 Å². The molecule has 0 atom stereocenters. The number of halogens is 5. The summed E-state index contributed by atoms with van der Waals surface area (Å²) >= 11 is 0. The molecule has 2 aromatic carbocycles. The van der Waals surface area contributed by atoms with Crippen molar-refractivity contribution in [2.75, 3.05) is 5.32 Å². The van der Waals surface area contributed by atoms with Crippen molar-refractivity contribution >= 4 is 16.5 Å². The van der Waals surface area contributed by atoms with Crippen molar-refractivity contribution in [3.8, 4) is 5.75 Å². The van der Waals surface area contributed by atoms with E-state index in [9.17, 15) is 22.0 Å². The average molecular weight is 263 g/mol. The Kier molecular flexibility index (Phi) is 2.76. The van der Waals surface area contributed by atoms with E-state index in [4.69, 9.17) is 5.11 Å². The van der Waals surface area contributed by atoms with Crippen LogP contribution in [0.2, 0.25) is 0 Å². The monoisotopic (exact) mass is 263 g/mol. The highest BCUT2D eigenvalue weighted by molar-refractivity contribution is 5.95. The molecule has 0 saturated heterocycles. The fourth-order valence-corrected chi connectivity index (χ4v) is 1.60. The molecule has 0 amide bonds. The summed E-state index contributed by atoms with van der Waals surface area (Å²) in [5, 5.41) is 9.65. The lowest BCUT2D eigenvalue weighted by molar-refractivity contribution is -0.0998. The van der Waals surface area contributed by atoms with Crippen molar-refractivity contribution in [3.63, 3.8) is 0 Å². The topological polar surface area (TPSA) is 32.3 Å². The van der Waals surface area contributed by atoms with Gasteiger partial charge < -0.3 is 5.11 Å². The first-order chi connectivity index (χ1) is 8.28. The molecule has 18 heavy (non-hydrogen) atoms. The minimum Gasteiger partial charge on any atom is -0.508 e. The summed E-state index contributed by atoms with van der Waals surface area (Å²) < 4.78 is 63.2. The van der Waals surface area contributed by atoms with Crippen LogP contribution in [0.15, 0.2) is 24.3 Å². The summed E-state index contributed by atoms with van der Waals surface area (Å²) in [6.45, 7) is 0. The lowest BCUT2D eigenvalue weighted by Crippen LogP contribution is -2.21. The first kappa shape index (κ1) is 12.4. The molecule has 7 heteroatoms. The number of hydrogen-bond donors (Lipinski definition) is 2. The molecular formula is C11H6F5NO. The number of alkyl halides is 3. The Bertz CT molecular complexity index is 608. The zero-order chi connectivity index (χ0) is 13.5. The van der Waals surface area contributed by atoms with Crippen LogP contribution < -0.4 is 5.32 Å². The van der Waals surface area contributed by atoms with Crippen LogP contribution in [0, 0.1) is 11.6 Å². The van der Waals surface area contributed by atoms with Gasteiger partial charge in [-0.2, -0.15) is 13.2 Å². The van der Waals surface area contributed by atoms with Crippen molar-refractivity contribution < 1.29 is 27.1 Å². The number of rotatable bonds is 1. The van der Waals surface area contributed by atoms with Gasteiger partial charge in [-0.05, 0) is 18.2 Å². The van der Waals surface area contributed by atoms with Crippen molar-refractivity contribution in [2.45, 2.75) is 6.30 Å². The second-order valence-corrected chi connectivity index (χ2v) is 3.57. The summed E-state index contributed by atoms with van der Waals surface area (Å²) in [7, 11) is 0. The van der Waals surface area contributed by atoms with Crippen LogP contribution in [0.4, 0.5) is 27.6 Å². The normalized spacial score (nSPS) is 11.8. The van der Waals surface area contributed by atoms with Gasteiger partial charge in [0.1, 0.15) is 5.75 Å². The summed E-state index contributed by atoms with van der Waals surface area (Å²) in [5.41, 5.74) is -0.614. The predicted molar refractivity (Wildman–Crippen MR) is 55.2 cm³/mol. The molecule has 0 aliphatic rings. The highest BCUT2D eigenvalue weighted by Crippen LogP contribution is 2.33. The maximum Gasteiger partial charge on any atom is 0.482 e. The minimum atomic E-state index is -4.77. The summed E-state index contributed by atoms with van der Waals surface area (Å²) in [4.78, 5) is 0. The maximum absolute atomic E-state index is 13.4. The first-order valence-corrected chi connectivity index (χ1v) is 4.73. The molecule has 96 valence electrons. The van der Waals surface area contributed by atoms with E-state index in [1.807, 2.05) is 0 Å². The highest BCUT2D eigenvalue weighted by atomic mass is 19.4. The van der Waals surface area contributed by atoms with Gasteiger partial charge in [0.25, 0.3) is 0 Å². The molecule has 2 rings (SSSR count). The quantitative estimate of drug-likeness (QED) is 0.606. The highest BCUT2D eigenvalue weighted by Gasteiger charge is 2.28. The largest absolute Gasteiger partial charge is 0.508 e. The molecule has 0 bridgehead atoms. The molecule has 2 N–H and O–H groups in total. The second kappa shape index (κ2) is 4.01. The third-order valence-electron chi connectivity index (χ3n) is 2.29. The van der Waals surface area contributed by atoms with E-state index in [1.165, 1.54) is 0 Å². The number of fused-ring (bicyclic) bond motifs is 1. The molecule has 2 nitrogen and oxygen atoms in total. The third-order valence-corrected chi connectivity index (χ3v) is 2.29. The van der Waals surface area contributed by atoms with Crippen LogP contribution in [-0.2, 0) is 0 Å². The number of phenols is 1. The van der Waals surface area contributed by atoms with Crippen LogP contribution in [0.25, 0.3) is 10.8 Å². The number of nitrogens with one attached hydrogen (secondary N) is 1. The number of hydrogen-bond acceptors (Lipinski definition) is 2. The third kappa shape index (κ3) is 2.29. The Hall–Kier alpha value is -2.05. The fraction of sp³-hybridized carbons (Fsp3) is 0.0909. The molecule has 0 saturated carbocycles. The smallest absolute Gasteiger partial charge is 0.482 e. The van der Waals surface area contributed by atoms with Gasteiger partial charge >= 0.3 is 6.30 Å². The Morgan fingerprint density at radius 1 is 1.00 bits per heavy atom. The molecule has 0 spiro atoms. The molecule has 0 aliphatic heterocycles. The lowest BCUT2D eigenvalue weighted by atomic mass is 10.1. The number of benzene rings is 2. The predicted octanol–water partition coefficient (Wildman–Crippen LogP) is 3.76. The van der Waals surface area contributed by atoms with Gasteiger partial charge in [0.05, 0.1) is 5.69 Å². The number of anilines is 1. The summed E-state index contributed by atoms with van der Waals surface area (Å²) in [5.74, 6) is -3.11. The van der Waals surface area contributed by atoms with E-state index in [0.717, 1.165) is 23.5 Å². The average Bonchev–Trinajstić information content (AvgIpc) is 2.23. The van der Waals surface area contributed by atoms with Gasteiger partial charge in [-0.25, -0.2) is 8.78 Å². The van der Waals surface area contributed by atoms with Crippen LogP contribution in [0.1, 0.15) is 0 Å². The molecule has 2 aromatic rings. The van der Waals surface area contributed by atoms with Crippen LogP contribution in [0.3, 0.4) is 0 Å². The van der Waals surface area contributed by atoms with Gasteiger partial charge in [-0.15, -0.1) is 0 Å². The van der Waals surface area contributed by atoms with E-state index in [0.29, 0.717) is 6.07 Å². The van der Waals surface area contributed by atoms with Crippen LogP contribution in [-0.4, -0.2) is 11.4 Å². The van der Waals surface area contributed by atoms with E-state index in [1.54, 1.807) is 0 Å². The Morgan fingerprint density at radius 2 is 1.67 bits per heavy atom. The summed E-state index contributed by atoms with van der Waals surface area (Å²) in [6.07, 6.45) is -4.77. The van der Waals surface area contributed by atoms with Gasteiger partial charge in [0.2, 0.25) is 0 Å². The zero-order valence-corrected chi connectivity index (χ0v) is 8.65. The molecule has 0 aromatic heterocycles. The van der Waals surface area contributed by atoms with Gasteiger partial charge in [-0.1, -0.05) is 0 Å². The molecule has 0 unspecified atom stereocenters. The Balaban J connectivity index is 2.71. The van der Waals surface area contributed by atoms with E-state index in [-0.39, 0.29) is 11.1 Å². The summed E-state index contributed by atoms with van der Waals surface area (Å²) in [6, 6.07) is 3.43. The Morgan fingerprint density at radius 3 is 2.28 bits per heavy atom. The van der Waals surface area contributed by atoms with E-state index in [2.05, 4.69) is 0 Å². The van der Waals surface area contributed by atoms with Crippen LogP contribution >= 0.6 is 0 Å². The molecule has 0 aliphatic carbocycles. The van der Waals surface area contributed by atoms with Gasteiger partial charge in [0.15, 0.2) is 11.6 Å². The first-order valence-electron chi connectivity index (χ1n) is 4.73. The van der Waals surface area contributed by atoms with Crippen molar-refractivity contribution in [3.05, 3.63) is 35.9 Å². The molecular weight excluding hydrogens is 257 g/mol. The maximum atomic E-state index is 13.4. The molecule has 0 radical (unpaired) electrons. The van der Waals surface area contributed by atoms with Crippen LogP contribution in [0.5, 0.6) is 5.75 Å². The fourth-order valence-electron chi connectivity index (χ4n) is 1.60. The van der Waals surface area contributed by atoms with Crippen molar-refractivity contribution in [2.24, 2.45) is 0 Å². The molecule has 0 fully saturated rings. The zero-order valence-electron chi connectivity index (χ0n) is 8.65. The van der Waals surface area contributed by atoms with Crippen molar-refractivity contribution in [1.82, 2.24) is 0 Å². The van der Waals surface area contributed by atoms with Gasteiger partial charge in [0, 0.05) is 16.8 Å². The SMILES string of the molecule is Oc1ccc2c(NC(F)(F)F)cc(F)c(F)c2c1. The number of phenolic OH excluding ortho intramolecular Hbond substituents is 1. The standard InChI is InChI=1S/C11H6F5NO/c12-8-4-9(17-11(14,15)16)6-2-1-5(18)3-7(6)10(8)13/h1-4,17-18H. The molecule has 0 heterocycles. The van der Waals surface area contributed by atoms with Gasteiger partial charge in [-0.3, -0.25) is 5.32 Å².